The van der Waals surface area contributed by atoms with E-state index in [9.17, 15) is 4.79 Å². The van der Waals surface area contributed by atoms with Gasteiger partial charge in [-0.1, -0.05) is 33.0 Å². The molecule has 5 heteroatoms. The SMILES string of the molecule is CCC(C(N)=S)N1CCN(C(=O)C(C)C)CC1. The Morgan fingerprint density at radius 3 is 2.18 bits per heavy atom. The van der Waals surface area contributed by atoms with E-state index >= 15 is 0 Å². The van der Waals surface area contributed by atoms with Crippen LogP contribution in [0.25, 0.3) is 0 Å². The molecular weight excluding hydrogens is 234 g/mol. The minimum atomic E-state index is 0.0825. The van der Waals surface area contributed by atoms with Crippen LogP contribution in [0.2, 0.25) is 0 Å². The van der Waals surface area contributed by atoms with Crippen LogP contribution in [-0.2, 0) is 4.79 Å². The number of carbonyl (C=O) groups is 1. The first kappa shape index (κ1) is 14.4. The first-order chi connectivity index (χ1) is 7.97. The number of carbonyl (C=O) groups excluding carboxylic acids is 1. The van der Waals surface area contributed by atoms with Crippen LogP contribution in [0, 0.1) is 5.92 Å². The van der Waals surface area contributed by atoms with Gasteiger partial charge >= 0.3 is 0 Å². The number of rotatable bonds is 4. The van der Waals surface area contributed by atoms with Crippen molar-refractivity contribution in [3.63, 3.8) is 0 Å². The van der Waals surface area contributed by atoms with E-state index in [1.54, 1.807) is 0 Å². The van der Waals surface area contributed by atoms with Gasteiger partial charge in [0.1, 0.15) is 0 Å². The molecule has 0 spiro atoms. The highest BCUT2D eigenvalue weighted by Gasteiger charge is 2.27. The normalized spacial score (nSPS) is 19.4. The lowest BCUT2D eigenvalue weighted by Gasteiger charge is -2.39. The van der Waals surface area contributed by atoms with Crippen LogP contribution in [0.1, 0.15) is 27.2 Å². The van der Waals surface area contributed by atoms with E-state index in [1.165, 1.54) is 0 Å². The van der Waals surface area contributed by atoms with Gasteiger partial charge in [-0.05, 0) is 6.42 Å². The molecule has 0 aromatic heterocycles. The lowest BCUT2D eigenvalue weighted by Crippen LogP contribution is -2.55. The van der Waals surface area contributed by atoms with Crippen LogP contribution in [0.3, 0.4) is 0 Å². The molecule has 4 nitrogen and oxygen atoms in total. The highest BCUT2D eigenvalue weighted by Crippen LogP contribution is 2.11. The van der Waals surface area contributed by atoms with E-state index in [2.05, 4.69) is 11.8 Å². The molecule has 0 aliphatic carbocycles. The van der Waals surface area contributed by atoms with Crippen molar-refractivity contribution in [1.29, 1.82) is 0 Å². The molecule has 1 atom stereocenters. The Bertz CT molecular complexity index is 285. The van der Waals surface area contributed by atoms with E-state index in [4.69, 9.17) is 18.0 Å². The van der Waals surface area contributed by atoms with Crippen molar-refractivity contribution in [1.82, 2.24) is 9.80 Å². The summed E-state index contributed by atoms with van der Waals surface area (Å²) in [6.45, 7) is 9.29. The van der Waals surface area contributed by atoms with E-state index in [0.29, 0.717) is 4.99 Å². The predicted octanol–water partition coefficient (Wildman–Crippen LogP) is 0.851. The summed E-state index contributed by atoms with van der Waals surface area (Å²) in [4.78, 5) is 16.6. The van der Waals surface area contributed by atoms with Gasteiger partial charge < -0.3 is 10.6 Å². The van der Waals surface area contributed by atoms with Crippen molar-refractivity contribution in [3.05, 3.63) is 0 Å². The Labute approximate surface area is 109 Å². The maximum Gasteiger partial charge on any atom is 0.225 e. The molecule has 1 aliphatic heterocycles. The summed E-state index contributed by atoms with van der Waals surface area (Å²) in [6.07, 6.45) is 0.938. The third-order valence-corrected chi connectivity index (χ3v) is 3.55. The van der Waals surface area contributed by atoms with Crippen molar-refractivity contribution >= 4 is 23.1 Å². The monoisotopic (exact) mass is 257 g/mol. The zero-order valence-corrected chi connectivity index (χ0v) is 11.8. The fourth-order valence-electron chi connectivity index (χ4n) is 2.26. The van der Waals surface area contributed by atoms with Crippen LogP contribution in [0.5, 0.6) is 0 Å². The number of hydrogen-bond acceptors (Lipinski definition) is 3. The standard InChI is InChI=1S/C12H23N3OS/c1-4-10(11(13)17)14-5-7-15(8-6-14)12(16)9(2)3/h9-10H,4-8H2,1-3H3,(H2,13,17). The van der Waals surface area contributed by atoms with E-state index in [0.717, 1.165) is 32.6 Å². The van der Waals surface area contributed by atoms with Gasteiger partial charge in [-0.2, -0.15) is 0 Å². The Kier molecular flexibility index (Phi) is 5.33. The lowest BCUT2D eigenvalue weighted by molar-refractivity contribution is -0.136. The van der Waals surface area contributed by atoms with Crippen LogP contribution in [0.4, 0.5) is 0 Å². The molecule has 0 aromatic rings. The maximum absolute atomic E-state index is 11.8. The molecule has 17 heavy (non-hydrogen) atoms. The van der Waals surface area contributed by atoms with Gasteiger partial charge in [-0.25, -0.2) is 0 Å². The lowest BCUT2D eigenvalue weighted by atomic mass is 10.1. The van der Waals surface area contributed by atoms with Gasteiger partial charge in [0.15, 0.2) is 0 Å². The van der Waals surface area contributed by atoms with Crippen molar-refractivity contribution in [2.24, 2.45) is 11.7 Å². The minimum absolute atomic E-state index is 0.0825. The molecule has 98 valence electrons. The van der Waals surface area contributed by atoms with Gasteiger partial charge in [0.05, 0.1) is 11.0 Å². The second-order valence-electron chi connectivity index (χ2n) is 4.84. The highest BCUT2D eigenvalue weighted by atomic mass is 32.1. The van der Waals surface area contributed by atoms with Gasteiger partial charge in [-0.3, -0.25) is 9.69 Å². The molecule has 1 saturated heterocycles. The summed E-state index contributed by atoms with van der Waals surface area (Å²) >= 11 is 5.08. The van der Waals surface area contributed by atoms with Gasteiger partial charge in [0.25, 0.3) is 0 Å². The molecule has 0 bridgehead atoms. The molecular formula is C12H23N3OS. The number of hydrogen-bond donors (Lipinski definition) is 1. The third-order valence-electron chi connectivity index (χ3n) is 3.28. The summed E-state index contributed by atoms with van der Waals surface area (Å²) in [5.41, 5.74) is 5.73. The van der Waals surface area contributed by atoms with E-state index in [-0.39, 0.29) is 17.9 Å². The van der Waals surface area contributed by atoms with E-state index < -0.39 is 0 Å². The molecule has 1 aliphatic rings. The van der Waals surface area contributed by atoms with Crippen molar-refractivity contribution in [2.75, 3.05) is 26.2 Å². The summed E-state index contributed by atoms with van der Waals surface area (Å²) < 4.78 is 0. The zero-order chi connectivity index (χ0) is 13.0. The van der Waals surface area contributed by atoms with Crippen LogP contribution < -0.4 is 5.73 Å². The number of nitrogens with zero attached hydrogens (tertiary/aromatic N) is 2. The fourth-order valence-corrected chi connectivity index (χ4v) is 2.57. The minimum Gasteiger partial charge on any atom is -0.392 e. The summed E-state index contributed by atoms with van der Waals surface area (Å²) in [6, 6.07) is 0.182. The molecule has 0 saturated carbocycles. The topological polar surface area (TPSA) is 49.6 Å². The molecule has 2 N–H and O–H groups in total. The Balaban J connectivity index is 2.50. The first-order valence-corrected chi connectivity index (χ1v) is 6.70. The Morgan fingerprint density at radius 2 is 1.82 bits per heavy atom. The maximum atomic E-state index is 11.8. The Morgan fingerprint density at radius 1 is 1.29 bits per heavy atom. The second kappa shape index (κ2) is 6.31. The largest absolute Gasteiger partial charge is 0.392 e. The van der Waals surface area contributed by atoms with E-state index in [1.807, 2.05) is 18.7 Å². The summed E-state index contributed by atoms with van der Waals surface area (Å²) in [7, 11) is 0. The second-order valence-corrected chi connectivity index (χ2v) is 5.31. The first-order valence-electron chi connectivity index (χ1n) is 6.29. The summed E-state index contributed by atoms with van der Waals surface area (Å²) in [5.74, 6) is 0.326. The average molecular weight is 257 g/mol. The quantitative estimate of drug-likeness (QED) is 0.759. The predicted molar refractivity (Wildman–Crippen MR) is 73.9 cm³/mol. The van der Waals surface area contributed by atoms with Crippen molar-refractivity contribution in [2.45, 2.75) is 33.2 Å². The molecule has 0 radical (unpaired) electrons. The fraction of sp³-hybridized carbons (Fsp3) is 0.833. The molecule has 1 rings (SSSR count). The van der Waals surface area contributed by atoms with Gasteiger partial charge in [-0.15, -0.1) is 0 Å². The molecule has 0 aromatic carbocycles. The molecule has 1 fully saturated rings. The van der Waals surface area contributed by atoms with Crippen LogP contribution >= 0.6 is 12.2 Å². The number of thiocarbonyl (C=S) groups is 1. The van der Waals surface area contributed by atoms with Gasteiger partial charge in [0, 0.05) is 32.1 Å². The average Bonchev–Trinajstić information content (AvgIpc) is 2.29. The third kappa shape index (κ3) is 3.64. The van der Waals surface area contributed by atoms with Crippen LogP contribution in [0.15, 0.2) is 0 Å². The van der Waals surface area contributed by atoms with Crippen molar-refractivity contribution in [3.8, 4) is 0 Å². The summed E-state index contributed by atoms with van der Waals surface area (Å²) in [5, 5.41) is 0. The molecule has 1 unspecified atom stereocenters. The smallest absolute Gasteiger partial charge is 0.225 e. The zero-order valence-electron chi connectivity index (χ0n) is 11.0. The number of nitrogens with two attached hydrogens (primary N) is 1. The highest BCUT2D eigenvalue weighted by molar-refractivity contribution is 7.80. The van der Waals surface area contributed by atoms with Crippen molar-refractivity contribution < 1.29 is 4.79 Å². The Hall–Kier alpha value is -0.680. The molecule has 1 amide bonds. The number of piperazine rings is 1. The van der Waals surface area contributed by atoms with Crippen LogP contribution in [-0.4, -0.2) is 52.9 Å². The number of amides is 1. The molecule has 1 heterocycles. The van der Waals surface area contributed by atoms with Gasteiger partial charge in [0.2, 0.25) is 5.91 Å².